The minimum Gasteiger partial charge on any atom is -0.456 e. The van der Waals surface area contributed by atoms with E-state index in [0.29, 0.717) is 61.4 Å². The number of fused-ring (bicyclic) bond motifs is 9. The fraction of sp³-hybridized carbons (Fsp3) is 0.133. The maximum atomic E-state index is 11.4. The second-order valence-electron chi connectivity index (χ2n) is 28.8. The highest BCUT2D eigenvalue weighted by molar-refractivity contribution is 7.02. The highest BCUT2D eigenvalue weighted by Crippen LogP contribution is 2.58. The van der Waals surface area contributed by atoms with Crippen molar-refractivity contribution in [1.82, 2.24) is 0 Å². The summed E-state index contributed by atoms with van der Waals surface area (Å²) in [5, 5.41) is 0. The second kappa shape index (κ2) is 22.4. The summed E-state index contributed by atoms with van der Waals surface area (Å²) < 4.78 is 108. The summed E-state index contributed by atoms with van der Waals surface area (Å²) in [5.41, 5.74) is 17.9. The van der Waals surface area contributed by atoms with E-state index in [1.807, 2.05) is 78.9 Å². The van der Waals surface area contributed by atoms with Gasteiger partial charge in [0.2, 0.25) is 0 Å². The first-order valence-electron chi connectivity index (χ1n) is 38.2. The number of hydrogen-bond donors (Lipinski definition) is 0. The molecule has 0 saturated heterocycles. The molecule has 4 aliphatic heterocycles. The van der Waals surface area contributed by atoms with Gasteiger partial charge in [-0.15, -0.1) is 0 Å². The molecule has 0 N–H and O–H groups in total. The van der Waals surface area contributed by atoms with Crippen LogP contribution in [0.1, 0.15) is 92.7 Å². The van der Waals surface area contributed by atoms with Crippen molar-refractivity contribution in [2.75, 3.05) is 14.7 Å². The number of anilines is 9. The van der Waals surface area contributed by atoms with Crippen LogP contribution in [0.25, 0.3) is 55.6 Å². The molecule has 0 saturated carbocycles. The van der Waals surface area contributed by atoms with Crippen LogP contribution in [0, 0.1) is 0 Å². The Morgan fingerprint density at radius 1 is 0.312 bits per heavy atom. The summed E-state index contributed by atoms with van der Waals surface area (Å²) in [7, 11) is 0. The van der Waals surface area contributed by atoms with Gasteiger partial charge in [0.1, 0.15) is 11.5 Å². The van der Waals surface area contributed by atoms with Gasteiger partial charge in [0.05, 0.1) is 30.8 Å². The van der Waals surface area contributed by atoms with E-state index in [1.165, 1.54) is 6.07 Å². The highest BCUT2D eigenvalue weighted by Gasteiger charge is 2.51. The number of benzene rings is 13. The molecular weight excluding hydrogens is 1160 g/mol. The van der Waals surface area contributed by atoms with Gasteiger partial charge in [0.25, 0.3) is 13.4 Å². The number of rotatable bonds is 8. The fourth-order valence-electron chi connectivity index (χ4n) is 15.0. The third-order valence-corrected chi connectivity index (χ3v) is 19.8. The summed E-state index contributed by atoms with van der Waals surface area (Å²) >= 11 is 0. The van der Waals surface area contributed by atoms with Crippen molar-refractivity contribution in [2.24, 2.45) is 0 Å². The largest absolute Gasteiger partial charge is 0.456 e. The standard InChI is InChI=1S/C90H75B2N3O/c1-88(2,3)64-51-68(59-34-18-11-19-35-59)84(69(52-64)60-36-20-12-21-37-60)94-77-50-63(58-32-16-10-17-33-58)48-49-73(77)92-75-57-80-83-87(96-81-47-31-29-45-74(81)91(83)72-44-28-30-46-76(72)93(80)67-42-26-15-27-43-67)86(75)95(79-56-66(90(7,8)9)55-78(94)82(79)92)85-70(61-38-22-13-23-39-61)53-65(89(4,5)6)54-71(85)62-40-24-14-25-41-62/h10-57H,1-9H3/i15D,26D,27D,28D,30D,42D,44D,48D,49D,50D. The highest BCUT2D eigenvalue weighted by atomic mass is 16.5. The summed E-state index contributed by atoms with van der Waals surface area (Å²) in [6.45, 7) is 18.1. The van der Waals surface area contributed by atoms with Crippen LogP contribution in [0.5, 0.6) is 11.5 Å². The maximum absolute atomic E-state index is 11.4. The lowest BCUT2D eigenvalue weighted by Gasteiger charge is -2.49. The summed E-state index contributed by atoms with van der Waals surface area (Å²) in [6.07, 6.45) is 0. The minimum absolute atomic E-state index is 0.0329. The summed E-state index contributed by atoms with van der Waals surface area (Å²) in [5.74, 6) is 0.820. The molecule has 0 unspecified atom stereocenters. The third-order valence-electron chi connectivity index (χ3n) is 19.8. The molecule has 0 radical (unpaired) electrons. The van der Waals surface area contributed by atoms with E-state index in [2.05, 4.69) is 212 Å². The van der Waals surface area contributed by atoms with E-state index < -0.39 is 30.9 Å². The Kier molecular flexibility index (Phi) is 11.4. The Bertz CT molecular complexity index is 5720. The Morgan fingerprint density at radius 3 is 1.29 bits per heavy atom. The molecule has 0 aliphatic carbocycles. The Morgan fingerprint density at radius 2 is 0.750 bits per heavy atom. The Hall–Kier alpha value is -10.8. The zero-order chi connectivity index (χ0) is 74.1. The maximum Gasteiger partial charge on any atom is 0.256 e. The number of para-hydroxylation sites is 3. The van der Waals surface area contributed by atoms with Gasteiger partial charge >= 0.3 is 0 Å². The predicted octanol–water partition coefficient (Wildman–Crippen LogP) is 20.4. The van der Waals surface area contributed by atoms with Gasteiger partial charge in [-0.3, -0.25) is 0 Å². The van der Waals surface area contributed by atoms with E-state index in [4.69, 9.17) is 6.11 Å². The van der Waals surface area contributed by atoms with Crippen LogP contribution in [0.3, 0.4) is 0 Å². The molecule has 13 aromatic rings. The van der Waals surface area contributed by atoms with Crippen molar-refractivity contribution in [3.8, 4) is 67.1 Å². The lowest BCUT2D eigenvalue weighted by atomic mass is 9.31. The van der Waals surface area contributed by atoms with Crippen LogP contribution in [-0.4, -0.2) is 13.4 Å². The molecule has 17 rings (SSSR count). The van der Waals surface area contributed by atoms with Crippen molar-refractivity contribution >= 4 is 97.4 Å². The van der Waals surface area contributed by atoms with Crippen LogP contribution < -0.4 is 52.2 Å². The Labute approximate surface area is 581 Å². The monoisotopic (exact) mass is 1250 g/mol. The second-order valence-corrected chi connectivity index (χ2v) is 28.8. The van der Waals surface area contributed by atoms with Crippen molar-refractivity contribution in [3.63, 3.8) is 0 Å². The molecule has 462 valence electrons. The average molecular weight is 1250 g/mol. The van der Waals surface area contributed by atoms with Crippen molar-refractivity contribution in [1.29, 1.82) is 0 Å². The number of hydrogen-bond acceptors (Lipinski definition) is 4. The number of ether oxygens (including phenoxy) is 1. The van der Waals surface area contributed by atoms with Crippen LogP contribution in [0.15, 0.2) is 291 Å². The van der Waals surface area contributed by atoms with E-state index in [0.717, 1.165) is 89.4 Å². The van der Waals surface area contributed by atoms with Gasteiger partial charge in [-0.05, 0) is 172 Å². The molecule has 13 aromatic carbocycles. The molecule has 0 amide bonds. The van der Waals surface area contributed by atoms with E-state index in [1.54, 1.807) is 11.0 Å². The van der Waals surface area contributed by atoms with Gasteiger partial charge in [-0.2, -0.15) is 0 Å². The molecule has 0 spiro atoms. The molecule has 6 heteroatoms. The van der Waals surface area contributed by atoms with Crippen LogP contribution in [0.4, 0.5) is 51.2 Å². The van der Waals surface area contributed by atoms with Gasteiger partial charge < -0.3 is 19.4 Å². The average Bonchev–Trinajstić information content (AvgIpc) is 0.667. The fourth-order valence-corrected chi connectivity index (χ4v) is 15.0. The SMILES string of the molecule is [2H]c1cc(N2c3cc([2H])c([2H])c([2H])c3B3c4ccccc4Oc4c3c2cc2c4N(c3c(-c4ccccc4)cc(C(C)(C)C)cc3-c3ccccc3)c3cc(C(C)(C)C)cc4c3B2c2c([2H])c([2H])c(-c3ccccc3)c([2H])c2N4c2c(-c3ccccc3)cc(C(C)(C)C)cc2-c2ccccc2)c([2H])c([2H])c1[2H]. The zero-order valence-electron chi connectivity index (χ0n) is 65.3. The first-order chi connectivity index (χ1) is 50.7. The molecule has 0 bridgehead atoms. The van der Waals surface area contributed by atoms with Crippen LogP contribution >= 0.6 is 0 Å². The molecule has 0 atom stereocenters. The predicted molar refractivity (Wildman–Crippen MR) is 410 cm³/mol. The Balaban J connectivity index is 1.15. The van der Waals surface area contributed by atoms with E-state index >= 15 is 0 Å². The van der Waals surface area contributed by atoms with Crippen molar-refractivity contribution in [2.45, 2.75) is 78.6 Å². The van der Waals surface area contributed by atoms with Crippen LogP contribution in [-0.2, 0) is 16.2 Å². The van der Waals surface area contributed by atoms with Gasteiger partial charge in [0, 0.05) is 56.4 Å². The first kappa shape index (κ1) is 48.8. The quantitative estimate of drug-likeness (QED) is 0.141. The van der Waals surface area contributed by atoms with E-state index in [-0.39, 0.29) is 76.1 Å². The van der Waals surface area contributed by atoms with E-state index in [9.17, 15) is 12.3 Å². The molecular formula is C90H75B2N3O. The van der Waals surface area contributed by atoms with Crippen molar-refractivity contribution < 1.29 is 18.4 Å². The van der Waals surface area contributed by atoms with Gasteiger partial charge in [-0.25, -0.2) is 0 Å². The summed E-state index contributed by atoms with van der Waals surface area (Å²) in [4.78, 5) is 6.38. The van der Waals surface area contributed by atoms with Gasteiger partial charge in [0.15, 0.2) is 0 Å². The molecule has 0 fully saturated rings. The zero-order valence-corrected chi connectivity index (χ0v) is 55.3. The normalized spacial score (nSPS) is 14.9. The lowest BCUT2D eigenvalue weighted by Crippen LogP contribution is -2.64. The third kappa shape index (κ3) is 9.58. The first-order valence-corrected chi connectivity index (χ1v) is 33.2. The molecule has 4 aliphatic rings. The number of nitrogens with zero attached hydrogens (tertiary/aromatic N) is 3. The smallest absolute Gasteiger partial charge is 0.256 e. The van der Waals surface area contributed by atoms with Gasteiger partial charge in [-0.1, -0.05) is 281 Å². The molecule has 4 nitrogen and oxygen atoms in total. The van der Waals surface area contributed by atoms with Crippen molar-refractivity contribution in [3.05, 3.63) is 308 Å². The minimum atomic E-state index is -1.03. The van der Waals surface area contributed by atoms with Crippen LogP contribution in [0.2, 0.25) is 0 Å². The molecule has 0 aromatic heterocycles. The topological polar surface area (TPSA) is 19.0 Å². The molecule has 4 heterocycles. The lowest BCUT2D eigenvalue weighted by molar-refractivity contribution is 0.489. The summed E-state index contributed by atoms with van der Waals surface area (Å²) in [6, 6.07) is 75.2. The molecule has 96 heavy (non-hydrogen) atoms.